The molecule has 0 N–H and O–H groups in total. The van der Waals surface area contributed by atoms with Gasteiger partial charge in [0.25, 0.3) is 0 Å². The van der Waals surface area contributed by atoms with Gasteiger partial charge in [-0.3, -0.25) is 4.98 Å². The maximum Gasteiger partial charge on any atom is 0.0457 e. The van der Waals surface area contributed by atoms with Gasteiger partial charge in [-0.1, -0.05) is 209 Å². The third kappa shape index (κ3) is 28.0. The first-order valence-corrected chi connectivity index (χ1v) is 19.9. The van der Waals surface area contributed by atoms with Crippen LogP contribution < -0.4 is 0 Å². The quantitative estimate of drug-likeness (QED) is 0.311. The number of benzene rings is 1. The summed E-state index contributed by atoms with van der Waals surface area (Å²) in [4.78, 5) is 4.52. The Hall–Kier alpha value is -1.63. The van der Waals surface area contributed by atoms with Gasteiger partial charge in [-0.05, 0) is 86.3 Å². The molecule has 0 atom stereocenters. The van der Waals surface area contributed by atoms with Crippen LogP contribution in [0.3, 0.4) is 0 Å². The molecule has 0 aliphatic heterocycles. The molecule has 1 nitrogen and oxygen atoms in total. The second-order valence-corrected chi connectivity index (χ2v) is 24.0. The molecule has 1 heteroatoms. The minimum atomic E-state index is 0.149. The van der Waals surface area contributed by atoms with Gasteiger partial charge in [0, 0.05) is 17.3 Å². The van der Waals surface area contributed by atoms with E-state index in [1.807, 2.05) is 6.20 Å². The summed E-state index contributed by atoms with van der Waals surface area (Å²) in [5, 5.41) is 0. The van der Waals surface area contributed by atoms with Gasteiger partial charge in [0.2, 0.25) is 0 Å². The first kappa shape index (κ1) is 50.5. The van der Waals surface area contributed by atoms with Crippen LogP contribution in [0, 0.1) is 21.7 Å². The summed E-state index contributed by atoms with van der Waals surface area (Å²) in [6.45, 7) is 54.5. The van der Waals surface area contributed by atoms with Crippen LogP contribution in [0.4, 0.5) is 0 Å². The predicted octanol–water partition coefficient (Wildman–Crippen LogP) is 16.5. The molecule has 0 aliphatic carbocycles. The van der Waals surface area contributed by atoms with Crippen LogP contribution in [-0.2, 0) is 21.7 Å². The molecular formula is C49H91N. The maximum atomic E-state index is 4.52. The minimum absolute atomic E-state index is 0.149. The lowest BCUT2D eigenvalue weighted by Gasteiger charge is -2.23. The molecule has 2 rings (SSSR count). The van der Waals surface area contributed by atoms with Crippen molar-refractivity contribution in [3.8, 4) is 0 Å². The molecule has 0 radical (unpaired) electrons. The molecule has 0 saturated heterocycles. The molecule has 0 saturated carbocycles. The predicted molar refractivity (Wildman–Crippen MR) is 231 cm³/mol. The summed E-state index contributed by atoms with van der Waals surface area (Å²) in [5.41, 5.74) is 8.21. The van der Waals surface area contributed by atoms with Crippen molar-refractivity contribution in [2.24, 2.45) is 21.7 Å². The second-order valence-electron chi connectivity index (χ2n) is 24.0. The summed E-state index contributed by atoms with van der Waals surface area (Å²) >= 11 is 0. The Kier molecular flexibility index (Phi) is 19.6. The average Bonchev–Trinajstić information content (AvgIpc) is 2.85. The number of pyridine rings is 1. The van der Waals surface area contributed by atoms with E-state index in [0.717, 1.165) is 5.69 Å². The highest BCUT2D eigenvalue weighted by Gasteiger charge is 2.19. The molecule has 0 aliphatic rings. The van der Waals surface area contributed by atoms with Crippen molar-refractivity contribution >= 4 is 0 Å². The average molecular weight is 694 g/mol. The highest BCUT2D eigenvalue weighted by molar-refractivity contribution is 5.31. The Balaban J connectivity index is 0. The minimum Gasteiger partial charge on any atom is -0.260 e. The van der Waals surface area contributed by atoms with Crippen LogP contribution in [0.25, 0.3) is 0 Å². The Morgan fingerprint density at radius 3 is 0.720 bits per heavy atom. The molecule has 0 amide bonds. The topological polar surface area (TPSA) is 12.9 Å². The second kappa shape index (κ2) is 19.4. The first-order valence-electron chi connectivity index (χ1n) is 19.9. The SMILES string of the molecule is CC(C)(C)CCCC(C)(C)C.CC(C)(C)CCCC(C)(C)C.CC(C)(C)c1ccc(C(C)(C)C)cc1.CC(C)(C)c1ccc(C(C)(C)C)nc1. The number of hydrogen-bond acceptors (Lipinski definition) is 1. The number of rotatable bonds is 4. The van der Waals surface area contributed by atoms with E-state index in [9.17, 15) is 0 Å². The molecule has 1 heterocycles. The fourth-order valence-corrected chi connectivity index (χ4v) is 5.05. The fourth-order valence-electron chi connectivity index (χ4n) is 5.05. The molecule has 50 heavy (non-hydrogen) atoms. The Labute approximate surface area is 317 Å². The van der Waals surface area contributed by atoms with Gasteiger partial charge in [0.15, 0.2) is 0 Å². The van der Waals surface area contributed by atoms with E-state index in [-0.39, 0.29) is 21.7 Å². The van der Waals surface area contributed by atoms with Crippen molar-refractivity contribution < 1.29 is 0 Å². The van der Waals surface area contributed by atoms with Crippen molar-refractivity contribution in [3.05, 3.63) is 65.0 Å². The number of nitrogens with zero attached hydrogens (tertiary/aromatic N) is 1. The molecule has 292 valence electrons. The van der Waals surface area contributed by atoms with E-state index in [4.69, 9.17) is 0 Å². The lowest BCUT2D eigenvalue weighted by atomic mass is 9.82. The molecule has 0 unspecified atom stereocenters. The van der Waals surface area contributed by atoms with Crippen LogP contribution >= 0.6 is 0 Å². The highest BCUT2D eigenvalue weighted by Crippen LogP contribution is 2.30. The monoisotopic (exact) mass is 694 g/mol. The normalized spacial score (nSPS) is 13.3. The smallest absolute Gasteiger partial charge is 0.0457 e. The van der Waals surface area contributed by atoms with Gasteiger partial charge in [-0.2, -0.15) is 0 Å². The first-order chi connectivity index (χ1) is 21.8. The summed E-state index contributed by atoms with van der Waals surface area (Å²) in [5.74, 6) is 0. The van der Waals surface area contributed by atoms with Crippen LogP contribution in [0.15, 0.2) is 42.6 Å². The van der Waals surface area contributed by atoms with Gasteiger partial charge in [0.05, 0.1) is 0 Å². The van der Waals surface area contributed by atoms with Crippen molar-refractivity contribution in [3.63, 3.8) is 0 Å². The lowest BCUT2D eigenvalue weighted by molar-refractivity contribution is 0.301. The van der Waals surface area contributed by atoms with Crippen molar-refractivity contribution in [2.75, 3.05) is 0 Å². The third-order valence-electron chi connectivity index (χ3n) is 8.72. The van der Waals surface area contributed by atoms with Crippen molar-refractivity contribution in [1.29, 1.82) is 0 Å². The third-order valence-corrected chi connectivity index (χ3v) is 8.72. The lowest BCUT2D eigenvalue weighted by Crippen LogP contribution is -2.16. The van der Waals surface area contributed by atoms with Crippen LogP contribution in [0.1, 0.15) is 227 Å². The summed E-state index contributed by atoms with van der Waals surface area (Å²) < 4.78 is 0. The molecule has 0 bridgehead atoms. The highest BCUT2D eigenvalue weighted by atomic mass is 14.7. The Bertz CT molecular complexity index is 961. The standard InChI is InChI=1S/C14H22.C13H21N.2C11H24/c1-13(2,3)11-7-9-12(10-8-11)14(4,5)6;1-12(2,3)10-7-8-11(14-9-10)13(4,5)6;2*1-10(2,3)8-7-9-11(4,5)6/h7-10H,1-6H3;7-9H,1-6H3;2*7-9H2,1-6H3. The fraction of sp³-hybridized carbons (Fsp3) is 0.776. The zero-order valence-electron chi connectivity index (χ0n) is 38.7. The number of aromatic nitrogens is 1. The molecule has 1 aromatic carbocycles. The van der Waals surface area contributed by atoms with Gasteiger partial charge >= 0.3 is 0 Å². The molecule has 1 aromatic heterocycles. The molecule has 2 aromatic rings. The van der Waals surface area contributed by atoms with Crippen LogP contribution in [-0.4, -0.2) is 4.98 Å². The zero-order chi connectivity index (χ0) is 40.2. The van der Waals surface area contributed by atoms with E-state index in [0.29, 0.717) is 21.7 Å². The Morgan fingerprint density at radius 1 is 0.320 bits per heavy atom. The van der Waals surface area contributed by atoms with E-state index < -0.39 is 0 Å². The van der Waals surface area contributed by atoms with E-state index >= 15 is 0 Å². The molecular weight excluding hydrogens is 603 g/mol. The van der Waals surface area contributed by atoms with Crippen LogP contribution in [0.5, 0.6) is 0 Å². The van der Waals surface area contributed by atoms with Gasteiger partial charge in [0.1, 0.15) is 0 Å². The van der Waals surface area contributed by atoms with Gasteiger partial charge in [-0.15, -0.1) is 0 Å². The van der Waals surface area contributed by atoms with E-state index in [1.165, 1.54) is 55.2 Å². The van der Waals surface area contributed by atoms with E-state index in [1.54, 1.807) is 0 Å². The summed E-state index contributed by atoms with van der Waals surface area (Å²) in [7, 11) is 0. The summed E-state index contributed by atoms with van der Waals surface area (Å²) in [6.07, 6.45) is 10.1. The van der Waals surface area contributed by atoms with Crippen molar-refractivity contribution in [2.45, 2.75) is 226 Å². The zero-order valence-corrected chi connectivity index (χ0v) is 38.7. The largest absolute Gasteiger partial charge is 0.260 e. The molecule has 0 fully saturated rings. The maximum absolute atomic E-state index is 4.52. The van der Waals surface area contributed by atoms with Crippen LogP contribution in [0.2, 0.25) is 0 Å². The molecule has 0 spiro atoms. The summed E-state index contributed by atoms with van der Waals surface area (Å²) in [6, 6.07) is 13.3. The van der Waals surface area contributed by atoms with Crippen molar-refractivity contribution in [1.82, 2.24) is 4.98 Å². The number of hydrogen-bond donors (Lipinski definition) is 0. The van der Waals surface area contributed by atoms with E-state index in [2.05, 4.69) is 208 Å². The van der Waals surface area contributed by atoms with Gasteiger partial charge in [-0.25, -0.2) is 0 Å². The van der Waals surface area contributed by atoms with Gasteiger partial charge < -0.3 is 0 Å². The Morgan fingerprint density at radius 2 is 0.560 bits per heavy atom.